The van der Waals surface area contributed by atoms with Crippen LogP contribution in [0.3, 0.4) is 0 Å². The van der Waals surface area contributed by atoms with E-state index in [1.165, 1.54) is 13.3 Å². The van der Waals surface area contributed by atoms with Gasteiger partial charge in [0.25, 0.3) is 0 Å². The van der Waals surface area contributed by atoms with E-state index >= 15 is 0 Å². The van der Waals surface area contributed by atoms with Gasteiger partial charge in [-0.25, -0.2) is 0 Å². The van der Waals surface area contributed by atoms with Crippen molar-refractivity contribution in [2.45, 2.75) is 18.7 Å². The van der Waals surface area contributed by atoms with Crippen LogP contribution >= 0.6 is 0 Å². The molecule has 0 amide bonds. The summed E-state index contributed by atoms with van der Waals surface area (Å²) in [5.41, 5.74) is 0.288. The fourth-order valence-corrected chi connectivity index (χ4v) is 1.35. The van der Waals surface area contributed by atoms with Gasteiger partial charge in [0, 0.05) is 19.2 Å². The molecule has 102 valence electrons. The van der Waals surface area contributed by atoms with Crippen LogP contribution in [0.4, 0.5) is 13.2 Å². The van der Waals surface area contributed by atoms with Crippen LogP contribution < -0.4 is 4.74 Å². The largest absolute Gasteiger partial charge is 0.495 e. The summed E-state index contributed by atoms with van der Waals surface area (Å²) in [5, 5.41) is 9.76. The lowest BCUT2D eigenvalue weighted by atomic mass is 10.1. The second-order valence-corrected chi connectivity index (χ2v) is 3.56. The molecule has 0 aliphatic heterocycles. The average Bonchev–Trinajstić information content (AvgIpc) is 2.33. The highest BCUT2D eigenvalue weighted by Crippen LogP contribution is 2.24. The summed E-state index contributed by atoms with van der Waals surface area (Å²) in [5.74, 6) is 0.390. The number of hydrogen-bond acceptors (Lipinski definition) is 4. The maximum absolute atomic E-state index is 11.8. The minimum absolute atomic E-state index is 0.0173. The first kappa shape index (κ1) is 14.7. The maximum atomic E-state index is 11.8. The first-order valence-electron chi connectivity index (χ1n) is 5.25. The Hall–Kier alpha value is -1.34. The molecule has 0 aliphatic carbocycles. The molecule has 0 aromatic carbocycles. The molecule has 1 heterocycles. The number of aliphatic hydroxyl groups excluding tert-OH is 1. The monoisotopic (exact) mass is 265 g/mol. The molecular weight excluding hydrogens is 251 g/mol. The Balaban J connectivity index is 2.43. The molecule has 0 bridgehead atoms. The molecule has 4 nitrogen and oxygen atoms in total. The molecule has 0 saturated carbocycles. The van der Waals surface area contributed by atoms with Gasteiger partial charge in [0.05, 0.1) is 7.11 Å². The van der Waals surface area contributed by atoms with E-state index in [1.54, 1.807) is 12.1 Å². The highest BCUT2D eigenvalue weighted by Gasteiger charge is 2.27. The van der Waals surface area contributed by atoms with Gasteiger partial charge < -0.3 is 14.6 Å². The molecule has 18 heavy (non-hydrogen) atoms. The number of hydrogen-bond donors (Lipinski definition) is 1. The molecule has 0 aliphatic rings. The van der Waals surface area contributed by atoms with Crippen molar-refractivity contribution < 1.29 is 27.8 Å². The van der Waals surface area contributed by atoms with E-state index in [4.69, 9.17) is 4.74 Å². The van der Waals surface area contributed by atoms with Crippen LogP contribution in [-0.2, 0) is 4.74 Å². The van der Waals surface area contributed by atoms with E-state index in [0.29, 0.717) is 5.75 Å². The zero-order chi connectivity index (χ0) is 13.6. The first-order chi connectivity index (χ1) is 8.44. The highest BCUT2D eigenvalue weighted by molar-refractivity contribution is 5.28. The predicted octanol–water partition coefficient (Wildman–Crippen LogP) is 2.09. The summed E-state index contributed by atoms with van der Waals surface area (Å²) in [6.45, 7) is -1.53. The topological polar surface area (TPSA) is 51.6 Å². The van der Waals surface area contributed by atoms with Crippen molar-refractivity contribution in [1.82, 2.24) is 4.98 Å². The normalized spacial score (nSPS) is 13.4. The van der Waals surface area contributed by atoms with Gasteiger partial charge in [-0.15, -0.1) is 0 Å². The van der Waals surface area contributed by atoms with Crippen LogP contribution in [0, 0.1) is 0 Å². The summed E-state index contributed by atoms with van der Waals surface area (Å²) in [7, 11) is 1.42. The zero-order valence-corrected chi connectivity index (χ0v) is 9.78. The Kier molecular flexibility index (Phi) is 5.36. The van der Waals surface area contributed by atoms with Crippen molar-refractivity contribution in [1.29, 1.82) is 0 Å². The molecule has 1 aromatic rings. The van der Waals surface area contributed by atoms with Gasteiger partial charge >= 0.3 is 6.18 Å². The smallest absolute Gasteiger partial charge is 0.411 e. The molecule has 1 aromatic heterocycles. The number of halogens is 3. The van der Waals surface area contributed by atoms with E-state index in [1.807, 2.05) is 0 Å². The summed E-state index contributed by atoms with van der Waals surface area (Å²) < 4.78 is 44.8. The number of nitrogens with zero attached hydrogens (tertiary/aromatic N) is 1. The number of rotatable bonds is 6. The Bertz CT molecular complexity index is 371. The van der Waals surface area contributed by atoms with Crippen molar-refractivity contribution in [3.05, 3.63) is 24.0 Å². The standard InChI is InChI=1S/C11H14F3NO3/c1-17-9-3-2-5-15-10(9)8(16)4-6-18-7-11(12,13)14/h2-3,5,8,16H,4,6-7H2,1H3. The molecule has 1 unspecified atom stereocenters. The van der Waals surface area contributed by atoms with Crippen LogP contribution in [0.25, 0.3) is 0 Å². The van der Waals surface area contributed by atoms with E-state index in [0.717, 1.165) is 0 Å². The number of methoxy groups -OCH3 is 1. The Morgan fingerprint density at radius 1 is 1.44 bits per heavy atom. The summed E-state index contributed by atoms with van der Waals surface area (Å²) in [4.78, 5) is 3.92. The van der Waals surface area contributed by atoms with E-state index < -0.39 is 18.9 Å². The second-order valence-electron chi connectivity index (χ2n) is 3.56. The maximum Gasteiger partial charge on any atom is 0.411 e. The van der Waals surface area contributed by atoms with Crippen molar-refractivity contribution in [2.24, 2.45) is 0 Å². The van der Waals surface area contributed by atoms with E-state index in [2.05, 4.69) is 9.72 Å². The van der Waals surface area contributed by atoms with Crippen LogP contribution in [0.2, 0.25) is 0 Å². The van der Waals surface area contributed by atoms with Crippen LogP contribution in [-0.4, -0.2) is 36.6 Å². The molecule has 0 fully saturated rings. The summed E-state index contributed by atoms with van der Waals surface area (Å²) >= 11 is 0. The van der Waals surface area contributed by atoms with E-state index in [9.17, 15) is 18.3 Å². The van der Waals surface area contributed by atoms with Crippen molar-refractivity contribution in [3.8, 4) is 5.75 Å². The lowest BCUT2D eigenvalue weighted by molar-refractivity contribution is -0.175. The average molecular weight is 265 g/mol. The third-order valence-electron chi connectivity index (χ3n) is 2.14. The molecule has 1 atom stereocenters. The van der Waals surface area contributed by atoms with Gasteiger partial charge in [0.1, 0.15) is 24.2 Å². The minimum atomic E-state index is -4.35. The Labute approximate surface area is 102 Å². The first-order valence-corrected chi connectivity index (χ1v) is 5.25. The number of aliphatic hydroxyl groups is 1. The van der Waals surface area contributed by atoms with Gasteiger partial charge in [-0.1, -0.05) is 0 Å². The van der Waals surface area contributed by atoms with Crippen molar-refractivity contribution in [3.63, 3.8) is 0 Å². The molecule has 0 radical (unpaired) electrons. The van der Waals surface area contributed by atoms with Gasteiger partial charge in [0.15, 0.2) is 0 Å². The predicted molar refractivity (Wildman–Crippen MR) is 57.2 cm³/mol. The number of alkyl halides is 3. The number of pyridine rings is 1. The van der Waals surface area contributed by atoms with Gasteiger partial charge in [0.2, 0.25) is 0 Å². The lowest BCUT2D eigenvalue weighted by Crippen LogP contribution is -2.18. The molecular formula is C11H14F3NO3. The Morgan fingerprint density at radius 2 is 2.17 bits per heavy atom. The van der Waals surface area contributed by atoms with Gasteiger partial charge in [-0.2, -0.15) is 13.2 Å². The van der Waals surface area contributed by atoms with Crippen LogP contribution in [0.1, 0.15) is 18.2 Å². The van der Waals surface area contributed by atoms with Gasteiger partial charge in [-0.3, -0.25) is 4.98 Å². The Morgan fingerprint density at radius 3 is 2.78 bits per heavy atom. The minimum Gasteiger partial charge on any atom is -0.495 e. The zero-order valence-electron chi connectivity index (χ0n) is 9.78. The van der Waals surface area contributed by atoms with E-state index in [-0.39, 0.29) is 18.7 Å². The highest BCUT2D eigenvalue weighted by atomic mass is 19.4. The number of aromatic nitrogens is 1. The molecule has 1 N–H and O–H groups in total. The lowest BCUT2D eigenvalue weighted by Gasteiger charge is -2.14. The summed E-state index contributed by atoms with van der Waals surface area (Å²) in [6.07, 6.45) is -3.89. The molecule has 7 heteroatoms. The molecule has 1 rings (SSSR count). The van der Waals surface area contributed by atoms with Crippen LogP contribution in [0.5, 0.6) is 5.75 Å². The van der Waals surface area contributed by atoms with Crippen LogP contribution in [0.15, 0.2) is 18.3 Å². The van der Waals surface area contributed by atoms with Gasteiger partial charge in [-0.05, 0) is 12.1 Å². The third kappa shape index (κ3) is 4.89. The van der Waals surface area contributed by atoms with Crippen molar-refractivity contribution >= 4 is 0 Å². The number of ether oxygens (including phenoxy) is 2. The van der Waals surface area contributed by atoms with Crippen molar-refractivity contribution in [2.75, 3.05) is 20.3 Å². The second kappa shape index (κ2) is 6.55. The summed E-state index contributed by atoms with van der Waals surface area (Å²) in [6, 6.07) is 3.25. The quantitative estimate of drug-likeness (QED) is 0.800. The third-order valence-corrected chi connectivity index (χ3v) is 2.14. The fourth-order valence-electron chi connectivity index (χ4n) is 1.35. The molecule has 0 spiro atoms. The fraction of sp³-hybridized carbons (Fsp3) is 0.545. The SMILES string of the molecule is COc1cccnc1C(O)CCOCC(F)(F)F. The molecule has 0 saturated heterocycles.